The van der Waals surface area contributed by atoms with E-state index in [-0.39, 0.29) is 17.6 Å². The molecule has 1 aromatic rings. The number of carbonyl (C=O) groups excluding carboxylic acids is 1. The van der Waals surface area contributed by atoms with Gasteiger partial charge < -0.3 is 15.7 Å². The molecule has 0 saturated carbocycles. The van der Waals surface area contributed by atoms with Gasteiger partial charge in [0.25, 0.3) is 0 Å². The Labute approximate surface area is 125 Å². The van der Waals surface area contributed by atoms with Crippen LogP contribution in [-0.4, -0.2) is 23.1 Å². The fourth-order valence-electron chi connectivity index (χ4n) is 2.04. The zero-order chi connectivity index (χ0) is 15.7. The highest BCUT2D eigenvalue weighted by molar-refractivity contribution is 5.91. The van der Waals surface area contributed by atoms with Crippen molar-refractivity contribution in [1.82, 2.24) is 5.32 Å². The van der Waals surface area contributed by atoms with Crippen LogP contribution in [0, 0.1) is 0 Å². The number of carboxylic acids is 1. The van der Waals surface area contributed by atoms with Crippen LogP contribution in [0.25, 0.3) is 0 Å². The molecule has 0 heterocycles. The van der Waals surface area contributed by atoms with Crippen molar-refractivity contribution in [2.24, 2.45) is 0 Å². The standard InChI is InChI=1S/C16H24N2O3/c1-3-4-5-6-7-12(2)17-16(21)18-14-10-8-13(9-11-14)15(19)20/h8-12H,3-7H2,1-2H3,(H,19,20)(H2,17,18,21). The maximum Gasteiger partial charge on any atom is 0.335 e. The molecule has 0 spiro atoms. The van der Waals surface area contributed by atoms with Crippen molar-refractivity contribution >= 4 is 17.7 Å². The first-order valence-electron chi connectivity index (χ1n) is 7.43. The molecule has 21 heavy (non-hydrogen) atoms. The molecule has 1 rings (SSSR count). The van der Waals surface area contributed by atoms with E-state index in [0.717, 1.165) is 12.8 Å². The van der Waals surface area contributed by atoms with E-state index in [2.05, 4.69) is 17.6 Å². The van der Waals surface area contributed by atoms with Gasteiger partial charge in [-0.15, -0.1) is 0 Å². The van der Waals surface area contributed by atoms with Gasteiger partial charge in [0.05, 0.1) is 5.56 Å². The maximum absolute atomic E-state index is 11.8. The second kappa shape index (κ2) is 9.00. The Bertz CT molecular complexity index is 457. The minimum atomic E-state index is -0.980. The number of unbranched alkanes of at least 4 members (excludes halogenated alkanes) is 3. The summed E-state index contributed by atoms with van der Waals surface area (Å²) in [5, 5.41) is 14.4. The Morgan fingerprint density at radius 3 is 2.38 bits per heavy atom. The Kier molecular flexibility index (Phi) is 7.29. The van der Waals surface area contributed by atoms with Gasteiger partial charge in [0.2, 0.25) is 0 Å². The number of nitrogens with one attached hydrogen (secondary N) is 2. The first-order chi connectivity index (χ1) is 10.0. The molecule has 1 unspecified atom stereocenters. The minimum Gasteiger partial charge on any atom is -0.478 e. The molecular formula is C16H24N2O3. The van der Waals surface area contributed by atoms with E-state index in [0.29, 0.717) is 5.69 Å². The Morgan fingerprint density at radius 2 is 1.81 bits per heavy atom. The van der Waals surface area contributed by atoms with Crippen molar-refractivity contribution in [3.63, 3.8) is 0 Å². The first kappa shape index (κ1) is 17.0. The number of carbonyl (C=O) groups is 2. The summed E-state index contributed by atoms with van der Waals surface area (Å²) in [6.45, 7) is 4.16. The minimum absolute atomic E-state index is 0.125. The van der Waals surface area contributed by atoms with Crippen LogP contribution in [-0.2, 0) is 0 Å². The molecule has 0 bridgehead atoms. The van der Waals surface area contributed by atoms with E-state index < -0.39 is 5.97 Å². The van der Waals surface area contributed by atoms with E-state index in [1.165, 1.54) is 31.4 Å². The summed E-state index contributed by atoms with van der Waals surface area (Å²) >= 11 is 0. The highest BCUT2D eigenvalue weighted by Gasteiger charge is 2.08. The van der Waals surface area contributed by atoms with Crippen LogP contribution >= 0.6 is 0 Å². The highest BCUT2D eigenvalue weighted by Crippen LogP contribution is 2.10. The lowest BCUT2D eigenvalue weighted by Gasteiger charge is -2.14. The van der Waals surface area contributed by atoms with Crippen molar-refractivity contribution in [2.45, 2.75) is 52.0 Å². The molecule has 0 aliphatic heterocycles. The monoisotopic (exact) mass is 292 g/mol. The molecule has 3 N–H and O–H groups in total. The second-order valence-electron chi connectivity index (χ2n) is 5.23. The zero-order valence-electron chi connectivity index (χ0n) is 12.7. The summed E-state index contributed by atoms with van der Waals surface area (Å²) in [5.41, 5.74) is 0.779. The second-order valence-corrected chi connectivity index (χ2v) is 5.23. The van der Waals surface area contributed by atoms with Crippen molar-refractivity contribution in [3.05, 3.63) is 29.8 Å². The number of anilines is 1. The van der Waals surface area contributed by atoms with Gasteiger partial charge in [-0.05, 0) is 37.6 Å². The van der Waals surface area contributed by atoms with Gasteiger partial charge in [0.15, 0.2) is 0 Å². The third-order valence-electron chi connectivity index (χ3n) is 3.26. The van der Waals surface area contributed by atoms with Gasteiger partial charge in [0.1, 0.15) is 0 Å². The third-order valence-corrected chi connectivity index (χ3v) is 3.26. The van der Waals surface area contributed by atoms with Gasteiger partial charge >= 0.3 is 12.0 Å². The molecule has 1 aromatic carbocycles. The lowest BCUT2D eigenvalue weighted by Crippen LogP contribution is -2.36. The van der Waals surface area contributed by atoms with Crippen LogP contribution in [0.4, 0.5) is 10.5 Å². The third kappa shape index (κ3) is 6.79. The number of hydrogen-bond donors (Lipinski definition) is 3. The summed E-state index contributed by atoms with van der Waals surface area (Å²) < 4.78 is 0. The van der Waals surface area contributed by atoms with Crippen LogP contribution < -0.4 is 10.6 Å². The van der Waals surface area contributed by atoms with Crippen LogP contribution in [0.5, 0.6) is 0 Å². The lowest BCUT2D eigenvalue weighted by atomic mass is 10.1. The number of aromatic carboxylic acids is 1. The summed E-state index contributed by atoms with van der Waals surface area (Å²) in [4.78, 5) is 22.5. The zero-order valence-corrected chi connectivity index (χ0v) is 12.7. The van der Waals surface area contributed by atoms with Crippen molar-refractivity contribution in [3.8, 4) is 0 Å². The van der Waals surface area contributed by atoms with Gasteiger partial charge in [-0.25, -0.2) is 9.59 Å². The molecule has 5 heteroatoms. The Morgan fingerprint density at radius 1 is 1.14 bits per heavy atom. The summed E-state index contributed by atoms with van der Waals surface area (Å²) in [5.74, 6) is -0.980. The van der Waals surface area contributed by atoms with Crippen molar-refractivity contribution in [1.29, 1.82) is 0 Å². The average Bonchev–Trinajstić information content (AvgIpc) is 2.44. The highest BCUT2D eigenvalue weighted by atomic mass is 16.4. The number of amides is 2. The normalized spacial score (nSPS) is 11.7. The van der Waals surface area contributed by atoms with Crippen LogP contribution in [0.2, 0.25) is 0 Å². The molecule has 1 atom stereocenters. The van der Waals surface area contributed by atoms with Gasteiger partial charge in [-0.2, -0.15) is 0 Å². The fraction of sp³-hybridized carbons (Fsp3) is 0.500. The quantitative estimate of drug-likeness (QED) is 0.636. The van der Waals surface area contributed by atoms with E-state index in [9.17, 15) is 9.59 Å². The van der Waals surface area contributed by atoms with Gasteiger partial charge in [-0.3, -0.25) is 0 Å². The number of urea groups is 1. The lowest BCUT2D eigenvalue weighted by molar-refractivity contribution is 0.0697. The average molecular weight is 292 g/mol. The molecule has 0 aromatic heterocycles. The number of benzene rings is 1. The molecule has 5 nitrogen and oxygen atoms in total. The number of rotatable bonds is 8. The van der Waals surface area contributed by atoms with E-state index >= 15 is 0 Å². The maximum atomic E-state index is 11.8. The Balaban J connectivity index is 2.34. The Hall–Kier alpha value is -2.04. The van der Waals surface area contributed by atoms with E-state index in [1.54, 1.807) is 12.1 Å². The smallest absolute Gasteiger partial charge is 0.335 e. The van der Waals surface area contributed by atoms with E-state index in [1.807, 2.05) is 6.92 Å². The summed E-state index contributed by atoms with van der Waals surface area (Å²) in [7, 11) is 0. The molecule has 0 aliphatic carbocycles. The largest absolute Gasteiger partial charge is 0.478 e. The number of carboxylic acid groups (broad SMARTS) is 1. The molecule has 0 saturated heterocycles. The molecule has 116 valence electrons. The molecule has 0 aliphatic rings. The predicted molar refractivity (Wildman–Crippen MR) is 83.8 cm³/mol. The fourth-order valence-corrected chi connectivity index (χ4v) is 2.04. The van der Waals surface area contributed by atoms with Crippen LogP contribution in [0.3, 0.4) is 0 Å². The summed E-state index contributed by atoms with van der Waals surface area (Å²) in [6, 6.07) is 5.95. The summed E-state index contributed by atoms with van der Waals surface area (Å²) in [6.07, 6.45) is 5.71. The first-order valence-corrected chi connectivity index (χ1v) is 7.43. The topological polar surface area (TPSA) is 78.4 Å². The van der Waals surface area contributed by atoms with Crippen LogP contribution in [0.1, 0.15) is 56.3 Å². The van der Waals surface area contributed by atoms with Gasteiger partial charge in [0, 0.05) is 11.7 Å². The van der Waals surface area contributed by atoms with Gasteiger partial charge in [-0.1, -0.05) is 32.6 Å². The number of hydrogen-bond acceptors (Lipinski definition) is 2. The molecule has 0 radical (unpaired) electrons. The van der Waals surface area contributed by atoms with Crippen molar-refractivity contribution < 1.29 is 14.7 Å². The molecule has 0 fully saturated rings. The van der Waals surface area contributed by atoms with Crippen LogP contribution in [0.15, 0.2) is 24.3 Å². The van der Waals surface area contributed by atoms with E-state index in [4.69, 9.17) is 5.11 Å². The molecular weight excluding hydrogens is 268 g/mol. The SMILES string of the molecule is CCCCCCC(C)NC(=O)Nc1ccc(C(=O)O)cc1. The predicted octanol–water partition coefficient (Wildman–Crippen LogP) is 3.87. The van der Waals surface area contributed by atoms with Crippen molar-refractivity contribution in [2.75, 3.05) is 5.32 Å². The molecule has 2 amide bonds.